The number of aromatic carboxylic acids is 1. The van der Waals surface area contributed by atoms with Crippen LogP contribution in [0.1, 0.15) is 55.4 Å². The first kappa shape index (κ1) is 22.0. The van der Waals surface area contributed by atoms with E-state index in [-0.39, 0.29) is 11.6 Å². The number of rotatable bonds is 8. The summed E-state index contributed by atoms with van der Waals surface area (Å²) in [5.74, 6) is 0.0253. The summed E-state index contributed by atoms with van der Waals surface area (Å²) in [6, 6.07) is 1.07. The average Bonchev–Trinajstić information content (AvgIpc) is 3.37. The van der Waals surface area contributed by atoms with E-state index in [0.717, 1.165) is 42.2 Å². The zero-order valence-electron chi connectivity index (χ0n) is 17.5. The van der Waals surface area contributed by atoms with Crippen LogP contribution >= 0.6 is 23.1 Å². The summed E-state index contributed by atoms with van der Waals surface area (Å²) in [7, 11) is 0. The molecule has 3 aliphatic heterocycles. The van der Waals surface area contributed by atoms with Gasteiger partial charge in [-0.05, 0) is 58.3 Å². The molecule has 4 rings (SSSR count). The van der Waals surface area contributed by atoms with Crippen LogP contribution in [-0.2, 0) is 4.79 Å². The number of thiazole rings is 1. The molecule has 0 unspecified atom stereocenters. The van der Waals surface area contributed by atoms with Crippen molar-refractivity contribution in [2.75, 3.05) is 45.0 Å². The van der Waals surface area contributed by atoms with Crippen LogP contribution in [0.4, 0.5) is 0 Å². The molecule has 4 heterocycles. The molecule has 0 radical (unpaired) electrons. The molecule has 9 heteroatoms. The second-order valence-electron chi connectivity index (χ2n) is 8.56. The van der Waals surface area contributed by atoms with Gasteiger partial charge in [0.1, 0.15) is 0 Å². The summed E-state index contributed by atoms with van der Waals surface area (Å²) in [6.45, 7) is 6.54. The van der Waals surface area contributed by atoms with E-state index in [4.69, 9.17) is 5.11 Å². The lowest BCUT2D eigenvalue weighted by molar-refractivity contribution is -0.128. The fraction of sp³-hybridized carbons (Fsp3) is 0.762. The highest BCUT2D eigenvalue weighted by Gasteiger charge is 2.33. The Kier molecular flexibility index (Phi) is 7.67. The number of nitrogens with zero attached hydrogens (tertiary/aromatic N) is 4. The van der Waals surface area contributed by atoms with Crippen LogP contribution < -0.4 is 0 Å². The molecule has 1 N–H and O–H groups in total. The Bertz CT molecular complexity index is 730. The minimum Gasteiger partial charge on any atom is -0.476 e. The lowest BCUT2D eigenvalue weighted by atomic mass is 9.99. The molecule has 0 saturated carbocycles. The number of carboxylic acids is 1. The van der Waals surface area contributed by atoms with Gasteiger partial charge in [0.25, 0.3) is 0 Å². The van der Waals surface area contributed by atoms with Gasteiger partial charge in [-0.2, -0.15) is 0 Å². The SMILES string of the molecule is O=C(O)c1csc(SCCN2C(=O)CC[C@@H]2CN2CCC(N3CCCCC3)CC2)n1. The Morgan fingerprint density at radius 3 is 2.63 bits per heavy atom. The quantitative estimate of drug-likeness (QED) is 0.608. The van der Waals surface area contributed by atoms with Crippen molar-refractivity contribution in [3.05, 3.63) is 11.1 Å². The summed E-state index contributed by atoms with van der Waals surface area (Å²) in [4.78, 5) is 34.8. The second-order valence-corrected chi connectivity index (χ2v) is 10.8. The van der Waals surface area contributed by atoms with Gasteiger partial charge in [0.2, 0.25) is 5.91 Å². The zero-order chi connectivity index (χ0) is 20.9. The smallest absolute Gasteiger partial charge is 0.355 e. The molecule has 1 amide bonds. The maximum absolute atomic E-state index is 12.4. The van der Waals surface area contributed by atoms with Gasteiger partial charge >= 0.3 is 5.97 Å². The number of carbonyl (C=O) groups excluding carboxylic acids is 1. The lowest BCUT2D eigenvalue weighted by Crippen LogP contribution is -2.50. The number of thioether (sulfide) groups is 1. The standard InChI is InChI=1S/C21H32N4O3S2/c26-19-5-4-17(25(19)12-13-29-21-22-18(15-30-21)20(27)28)14-23-10-6-16(7-11-23)24-8-2-1-3-9-24/h15-17H,1-14H2,(H,27,28)/t17-/m1/s1. The Morgan fingerprint density at radius 1 is 1.17 bits per heavy atom. The van der Waals surface area contributed by atoms with Gasteiger partial charge in [-0.3, -0.25) is 4.79 Å². The normalized spacial score (nSPS) is 24.6. The van der Waals surface area contributed by atoms with Crippen LogP contribution in [0, 0.1) is 0 Å². The Labute approximate surface area is 186 Å². The minimum atomic E-state index is -0.989. The third-order valence-corrected chi connectivity index (χ3v) is 8.65. The van der Waals surface area contributed by atoms with E-state index < -0.39 is 5.97 Å². The fourth-order valence-electron chi connectivity index (χ4n) is 4.99. The molecule has 0 spiro atoms. The molecule has 7 nitrogen and oxygen atoms in total. The van der Waals surface area contributed by atoms with Gasteiger partial charge in [0.15, 0.2) is 10.0 Å². The summed E-state index contributed by atoms with van der Waals surface area (Å²) >= 11 is 2.90. The first-order valence-electron chi connectivity index (χ1n) is 11.2. The van der Waals surface area contributed by atoms with Crippen LogP contribution in [0.15, 0.2) is 9.72 Å². The molecule has 3 fully saturated rings. The second kappa shape index (κ2) is 10.4. The van der Waals surface area contributed by atoms with Crippen molar-refractivity contribution in [2.45, 2.75) is 61.4 Å². The zero-order valence-corrected chi connectivity index (χ0v) is 19.1. The molecule has 1 atom stereocenters. The number of likely N-dealkylation sites (tertiary alicyclic amines) is 3. The van der Waals surface area contributed by atoms with E-state index in [1.807, 2.05) is 0 Å². The summed E-state index contributed by atoms with van der Waals surface area (Å²) in [5, 5.41) is 10.6. The minimum absolute atomic E-state index is 0.102. The van der Waals surface area contributed by atoms with E-state index in [2.05, 4.69) is 19.7 Å². The molecular formula is C21H32N4O3S2. The van der Waals surface area contributed by atoms with Crippen LogP contribution in [0.2, 0.25) is 0 Å². The lowest BCUT2D eigenvalue weighted by Gasteiger charge is -2.41. The van der Waals surface area contributed by atoms with Crippen molar-refractivity contribution in [3.8, 4) is 0 Å². The largest absolute Gasteiger partial charge is 0.476 e. The fourth-order valence-corrected chi connectivity index (χ4v) is 6.80. The molecule has 166 valence electrons. The average molecular weight is 453 g/mol. The predicted molar refractivity (Wildman–Crippen MR) is 119 cm³/mol. The third-order valence-electron chi connectivity index (χ3n) is 6.65. The molecule has 30 heavy (non-hydrogen) atoms. The molecule has 0 bridgehead atoms. The monoisotopic (exact) mass is 452 g/mol. The molecule has 1 aromatic heterocycles. The summed E-state index contributed by atoms with van der Waals surface area (Å²) in [6.07, 6.45) is 8.23. The molecule has 3 aliphatic rings. The number of carbonyl (C=O) groups is 2. The van der Waals surface area contributed by atoms with Gasteiger partial charge in [-0.15, -0.1) is 11.3 Å². The van der Waals surface area contributed by atoms with Crippen LogP contribution in [0.3, 0.4) is 0 Å². The van der Waals surface area contributed by atoms with Gasteiger partial charge in [0, 0.05) is 42.7 Å². The van der Waals surface area contributed by atoms with E-state index in [9.17, 15) is 9.59 Å². The number of amides is 1. The number of carboxylic acid groups (broad SMARTS) is 1. The highest BCUT2D eigenvalue weighted by Crippen LogP contribution is 2.27. The van der Waals surface area contributed by atoms with E-state index in [1.165, 1.54) is 56.5 Å². The van der Waals surface area contributed by atoms with Crippen molar-refractivity contribution >= 4 is 35.0 Å². The van der Waals surface area contributed by atoms with Crippen LogP contribution in [0.5, 0.6) is 0 Å². The Balaban J connectivity index is 1.21. The molecular weight excluding hydrogens is 420 g/mol. The van der Waals surface area contributed by atoms with Crippen molar-refractivity contribution < 1.29 is 14.7 Å². The van der Waals surface area contributed by atoms with E-state index in [1.54, 1.807) is 17.1 Å². The van der Waals surface area contributed by atoms with Gasteiger partial charge in [0.05, 0.1) is 0 Å². The van der Waals surface area contributed by atoms with Gasteiger partial charge in [-0.1, -0.05) is 18.2 Å². The van der Waals surface area contributed by atoms with Crippen molar-refractivity contribution in [1.82, 2.24) is 19.7 Å². The topological polar surface area (TPSA) is 77.0 Å². The summed E-state index contributed by atoms with van der Waals surface area (Å²) < 4.78 is 0.760. The highest BCUT2D eigenvalue weighted by atomic mass is 32.2. The molecule has 0 aromatic carbocycles. The predicted octanol–water partition coefficient (Wildman–Crippen LogP) is 2.87. The Morgan fingerprint density at radius 2 is 1.93 bits per heavy atom. The van der Waals surface area contributed by atoms with Crippen molar-refractivity contribution in [3.63, 3.8) is 0 Å². The summed E-state index contributed by atoms with van der Waals surface area (Å²) in [5.41, 5.74) is 0.102. The maximum atomic E-state index is 12.4. The first-order chi connectivity index (χ1) is 14.6. The van der Waals surface area contributed by atoms with Crippen molar-refractivity contribution in [2.24, 2.45) is 0 Å². The highest BCUT2D eigenvalue weighted by molar-refractivity contribution is 8.01. The van der Waals surface area contributed by atoms with E-state index >= 15 is 0 Å². The molecule has 1 aromatic rings. The number of hydrogen-bond donors (Lipinski definition) is 1. The first-order valence-corrected chi connectivity index (χ1v) is 13.0. The molecule has 3 saturated heterocycles. The van der Waals surface area contributed by atoms with Gasteiger partial charge < -0.3 is 19.8 Å². The van der Waals surface area contributed by atoms with E-state index in [0.29, 0.717) is 19.0 Å². The van der Waals surface area contributed by atoms with Crippen LogP contribution in [0.25, 0.3) is 0 Å². The number of aromatic nitrogens is 1. The molecule has 0 aliphatic carbocycles. The van der Waals surface area contributed by atoms with Crippen molar-refractivity contribution in [1.29, 1.82) is 0 Å². The third kappa shape index (κ3) is 5.55. The van der Waals surface area contributed by atoms with Gasteiger partial charge in [-0.25, -0.2) is 9.78 Å². The maximum Gasteiger partial charge on any atom is 0.355 e. The van der Waals surface area contributed by atoms with Crippen LogP contribution in [-0.4, -0.2) is 93.8 Å². The number of hydrogen-bond acceptors (Lipinski definition) is 7. The Hall–Kier alpha value is -1.16. The number of piperidine rings is 2.